The molecule has 114 valence electrons. The molecule has 0 saturated heterocycles. The van der Waals surface area contributed by atoms with E-state index in [0.29, 0.717) is 22.2 Å². The van der Waals surface area contributed by atoms with Crippen molar-refractivity contribution in [2.75, 3.05) is 6.61 Å². The molecule has 0 amide bonds. The summed E-state index contributed by atoms with van der Waals surface area (Å²) in [6.07, 6.45) is -0.911. The molecule has 0 aliphatic carbocycles. The van der Waals surface area contributed by atoms with Gasteiger partial charge in [-0.3, -0.25) is 0 Å². The van der Waals surface area contributed by atoms with Gasteiger partial charge in [-0.2, -0.15) is 0 Å². The number of hydrogen-bond donors (Lipinski definition) is 3. The fraction of sp³-hybridized carbons (Fsp3) is 0.385. The summed E-state index contributed by atoms with van der Waals surface area (Å²) in [6.45, 7) is 0.200. The molecule has 0 saturated carbocycles. The minimum absolute atomic E-state index is 0.128. The quantitative estimate of drug-likeness (QED) is 0.680. The summed E-state index contributed by atoms with van der Waals surface area (Å²) in [6, 6.07) is 6.96. The maximum absolute atomic E-state index is 9.51. The zero-order valence-electron chi connectivity index (χ0n) is 11.3. The number of aliphatic hydroxyl groups excluding tert-OH is 2. The minimum atomic E-state index is -0.911. The molecule has 0 spiro atoms. The highest BCUT2D eigenvalue weighted by Crippen LogP contribution is 2.17. The van der Waals surface area contributed by atoms with Crippen LogP contribution in [-0.4, -0.2) is 37.9 Å². The molecule has 0 bridgehead atoms. The Hall–Kier alpha value is -1.67. The third-order valence-corrected chi connectivity index (χ3v) is 3.15. The van der Waals surface area contributed by atoms with Crippen molar-refractivity contribution in [3.8, 4) is 5.75 Å². The molecular weight excluding hydrogens is 296 g/mol. The summed E-state index contributed by atoms with van der Waals surface area (Å²) in [5.41, 5.74) is 6.87. The summed E-state index contributed by atoms with van der Waals surface area (Å²) in [5.74, 6) is 0.651. The van der Waals surface area contributed by atoms with E-state index in [1.165, 1.54) is 4.68 Å². The molecule has 21 heavy (non-hydrogen) atoms. The Morgan fingerprint density at radius 3 is 2.67 bits per heavy atom. The SMILES string of the molecule is NCc1nnn(CC(O)CO)c1COc1ccc(Cl)cc1. The van der Waals surface area contributed by atoms with E-state index in [1.807, 2.05) is 0 Å². The Morgan fingerprint density at radius 2 is 2.05 bits per heavy atom. The first-order chi connectivity index (χ1) is 10.1. The molecule has 0 radical (unpaired) electrons. The maximum Gasteiger partial charge on any atom is 0.132 e. The molecule has 4 N–H and O–H groups in total. The standard InChI is InChI=1S/C13H17ClN4O3/c14-9-1-3-11(4-2-9)21-8-13-12(5-15)16-17-18(13)6-10(20)7-19/h1-4,10,19-20H,5-8,15H2. The number of aliphatic hydroxyl groups is 2. The molecule has 7 nitrogen and oxygen atoms in total. The van der Waals surface area contributed by atoms with Gasteiger partial charge in [0, 0.05) is 11.6 Å². The number of rotatable bonds is 7. The van der Waals surface area contributed by atoms with E-state index in [-0.39, 0.29) is 26.3 Å². The van der Waals surface area contributed by atoms with Gasteiger partial charge in [-0.1, -0.05) is 16.8 Å². The average Bonchev–Trinajstić information content (AvgIpc) is 2.88. The number of nitrogens with zero attached hydrogens (tertiary/aromatic N) is 3. The maximum atomic E-state index is 9.51. The number of benzene rings is 1. The number of aromatic nitrogens is 3. The molecule has 2 rings (SSSR count). The lowest BCUT2D eigenvalue weighted by Gasteiger charge is -2.12. The van der Waals surface area contributed by atoms with Crippen LogP contribution < -0.4 is 10.5 Å². The topological polar surface area (TPSA) is 106 Å². The van der Waals surface area contributed by atoms with Crippen LogP contribution in [0.2, 0.25) is 5.02 Å². The smallest absolute Gasteiger partial charge is 0.132 e. The minimum Gasteiger partial charge on any atom is -0.487 e. The highest BCUT2D eigenvalue weighted by atomic mass is 35.5. The second-order valence-corrected chi connectivity index (χ2v) is 4.88. The van der Waals surface area contributed by atoms with Crippen molar-refractivity contribution in [1.82, 2.24) is 15.0 Å². The van der Waals surface area contributed by atoms with Crippen LogP contribution in [0.4, 0.5) is 0 Å². The van der Waals surface area contributed by atoms with Crippen molar-refractivity contribution in [3.05, 3.63) is 40.7 Å². The highest BCUT2D eigenvalue weighted by molar-refractivity contribution is 6.30. The van der Waals surface area contributed by atoms with Crippen LogP contribution in [0.3, 0.4) is 0 Å². The van der Waals surface area contributed by atoms with Gasteiger partial charge in [0.1, 0.15) is 23.7 Å². The van der Waals surface area contributed by atoms with Crippen LogP contribution in [0.1, 0.15) is 11.4 Å². The van der Waals surface area contributed by atoms with Gasteiger partial charge in [0.15, 0.2) is 0 Å². The third kappa shape index (κ3) is 4.15. The van der Waals surface area contributed by atoms with Crippen molar-refractivity contribution in [3.63, 3.8) is 0 Å². The number of hydrogen-bond acceptors (Lipinski definition) is 6. The van der Waals surface area contributed by atoms with Gasteiger partial charge in [-0.05, 0) is 24.3 Å². The first-order valence-corrected chi connectivity index (χ1v) is 6.80. The third-order valence-electron chi connectivity index (χ3n) is 2.90. The molecule has 1 aromatic carbocycles. The van der Waals surface area contributed by atoms with Gasteiger partial charge < -0.3 is 20.7 Å². The van der Waals surface area contributed by atoms with Gasteiger partial charge >= 0.3 is 0 Å². The van der Waals surface area contributed by atoms with Crippen molar-refractivity contribution < 1.29 is 14.9 Å². The lowest BCUT2D eigenvalue weighted by atomic mass is 10.3. The van der Waals surface area contributed by atoms with Crippen LogP contribution in [0, 0.1) is 0 Å². The predicted molar refractivity (Wildman–Crippen MR) is 76.8 cm³/mol. The normalized spacial score (nSPS) is 12.4. The summed E-state index contributed by atoms with van der Waals surface area (Å²) in [7, 11) is 0. The van der Waals surface area contributed by atoms with E-state index in [2.05, 4.69) is 10.3 Å². The van der Waals surface area contributed by atoms with Crippen LogP contribution in [-0.2, 0) is 19.7 Å². The van der Waals surface area contributed by atoms with Gasteiger partial charge in [0.2, 0.25) is 0 Å². The van der Waals surface area contributed by atoms with E-state index in [0.717, 1.165) is 0 Å². The summed E-state index contributed by atoms with van der Waals surface area (Å²) in [4.78, 5) is 0. The second kappa shape index (κ2) is 7.37. The fourth-order valence-corrected chi connectivity index (χ4v) is 1.90. The molecule has 1 atom stereocenters. The number of ether oxygens (including phenoxy) is 1. The van der Waals surface area contributed by atoms with Crippen molar-refractivity contribution in [1.29, 1.82) is 0 Å². The molecular formula is C13H17ClN4O3. The molecule has 1 unspecified atom stereocenters. The average molecular weight is 313 g/mol. The molecule has 1 heterocycles. The fourth-order valence-electron chi connectivity index (χ4n) is 1.77. The number of halogens is 1. The van der Waals surface area contributed by atoms with E-state index >= 15 is 0 Å². The molecule has 0 aliphatic rings. The van der Waals surface area contributed by atoms with E-state index in [9.17, 15) is 5.11 Å². The van der Waals surface area contributed by atoms with Gasteiger partial charge in [-0.25, -0.2) is 4.68 Å². The lowest BCUT2D eigenvalue weighted by molar-refractivity contribution is 0.0761. The van der Waals surface area contributed by atoms with Crippen LogP contribution in [0.15, 0.2) is 24.3 Å². The Labute approximate surface area is 126 Å². The molecule has 1 aromatic heterocycles. The van der Waals surface area contributed by atoms with Crippen molar-refractivity contribution in [2.24, 2.45) is 5.73 Å². The largest absolute Gasteiger partial charge is 0.487 e. The summed E-state index contributed by atoms with van der Waals surface area (Å²) < 4.78 is 7.13. The Balaban J connectivity index is 2.10. The number of nitrogens with two attached hydrogens (primary N) is 1. The van der Waals surface area contributed by atoms with E-state index < -0.39 is 6.10 Å². The second-order valence-electron chi connectivity index (χ2n) is 4.45. The molecule has 2 aromatic rings. The van der Waals surface area contributed by atoms with Crippen LogP contribution in [0.5, 0.6) is 5.75 Å². The summed E-state index contributed by atoms with van der Waals surface area (Å²) >= 11 is 5.81. The highest BCUT2D eigenvalue weighted by Gasteiger charge is 2.15. The molecule has 8 heteroatoms. The zero-order chi connectivity index (χ0) is 15.2. The Kier molecular flexibility index (Phi) is 5.51. The van der Waals surface area contributed by atoms with Gasteiger partial charge in [-0.15, -0.1) is 5.10 Å². The first-order valence-electron chi connectivity index (χ1n) is 6.42. The van der Waals surface area contributed by atoms with Gasteiger partial charge in [0.05, 0.1) is 19.3 Å². The zero-order valence-corrected chi connectivity index (χ0v) is 12.1. The van der Waals surface area contributed by atoms with Gasteiger partial charge in [0.25, 0.3) is 0 Å². The molecule has 0 aliphatic heterocycles. The van der Waals surface area contributed by atoms with Crippen molar-refractivity contribution in [2.45, 2.75) is 25.8 Å². The predicted octanol–water partition coefficient (Wildman–Crippen LogP) is 0.322. The molecule has 0 fully saturated rings. The van der Waals surface area contributed by atoms with Crippen LogP contribution in [0.25, 0.3) is 0 Å². The first kappa shape index (κ1) is 15.7. The Bertz CT molecular complexity index is 573. The summed E-state index contributed by atoms with van der Waals surface area (Å²) in [5, 5.41) is 26.9. The van der Waals surface area contributed by atoms with Crippen molar-refractivity contribution >= 4 is 11.6 Å². The van der Waals surface area contributed by atoms with Crippen LogP contribution >= 0.6 is 11.6 Å². The Morgan fingerprint density at radius 1 is 1.33 bits per heavy atom. The van der Waals surface area contributed by atoms with E-state index in [4.69, 9.17) is 27.2 Å². The lowest BCUT2D eigenvalue weighted by Crippen LogP contribution is -2.23. The monoisotopic (exact) mass is 312 g/mol. The van der Waals surface area contributed by atoms with E-state index in [1.54, 1.807) is 24.3 Å².